The SMILES string of the molecule is COCCC(NC(=O)NC1Cc2ccccc2C1)c1ccco1. The third kappa shape index (κ3) is 3.93. The van der Waals surface area contributed by atoms with Crippen LogP contribution in [0.15, 0.2) is 47.1 Å². The Hall–Kier alpha value is -2.27. The van der Waals surface area contributed by atoms with E-state index in [-0.39, 0.29) is 18.1 Å². The molecular formula is C18H22N2O3. The number of benzene rings is 1. The van der Waals surface area contributed by atoms with Crippen LogP contribution < -0.4 is 10.6 Å². The molecule has 2 N–H and O–H groups in total. The molecule has 1 atom stereocenters. The molecular weight excluding hydrogens is 292 g/mol. The van der Waals surface area contributed by atoms with Gasteiger partial charge in [0.25, 0.3) is 0 Å². The van der Waals surface area contributed by atoms with Crippen LogP contribution in [-0.4, -0.2) is 25.8 Å². The van der Waals surface area contributed by atoms with Gasteiger partial charge in [0.15, 0.2) is 0 Å². The highest BCUT2D eigenvalue weighted by atomic mass is 16.5. The van der Waals surface area contributed by atoms with E-state index < -0.39 is 0 Å². The first-order chi connectivity index (χ1) is 11.3. The van der Waals surface area contributed by atoms with Gasteiger partial charge in [0.1, 0.15) is 5.76 Å². The molecule has 1 aliphatic rings. The molecule has 5 heteroatoms. The number of amides is 2. The zero-order valence-electron chi connectivity index (χ0n) is 13.2. The summed E-state index contributed by atoms with van der Waals surface area (Å²) in [5, 5.41) is 6.05. The van der Waals surface area contributed by atoms with E-state index in [9.17, 15) is 4.79 Å². The Labute approximate surface area is 136 Å². The number of furan rings is 1. The number of carbonyl (C=O) groups excluding carboxylic acids is 1. The lowest BCUT2D eigenvalue weighted by atomic mass is 10.1. The fraction of sp³-hybridized carbons (Fsp3) is 0.389. The summed E-state index contributed by atoms with van der Waals surface area (Å²) in [6, 6.07) is 11.8. The first-order valence-electron chi connectivity index (χ1n) is 7.92. The zero-order chi connectivity index (χ0) is 16.1. The summed E-state index contributed by atoms with van der Waals surface area (Å²) in [6.45, 7) is 0.556. The van der Waals surface area contributed by atoms with Crippen molar-refractivity contribution in [3.63, 3.8) is 0 Å². The van der Waals surface area contributed by atoms with Gasteiger partial charge in [-0.3, -0.25) is 0 Å². The largest absolute Gasteiger partial charge is 0.467 e. The fourth-order valence-electron chi connectivity index (χ4n) is 3.06. The fourth-order valence-corrected chi connectivity index (χ4v) is 3.06. The molecule has 5 nitrogen and oxygen atoms in total. The molecule has 2 aromatic rings. The molecule has 1 unspecified atom stereocenters. The number of rotatable bonds is 6. The molecule has 1 heterocycles. The normalized spacial score (nSPS) is 15.2. The van der Waals surface area contributed by atoms with Gasteiger partial charge in [-0.15, -0.1) is 0 Å². The zero-order valence-corrected chi connectivity index (χ0v) is 13.2. The van der Waals surface area contributed by atoms with Gasteiger partial charge in [-0.25, -0.2) is 4.79 Å². The number of nitrogens with one attached hydrogen (secondary N) is 2. The van der Waals surface area contributed by atoms with Gasteiger partial charge < -0.3 is 19.8 Å². The monoisotopic (exact) mass is 314 g/mol. The van der Waals surface area contributed by atoms with Gasteiger partial charge in [-0.2, -0.15) is 0 Å². The molecule has 122 valence electrons. The van der Waals surface area contributed by atoms with Crippen molar-refractivity contribution in [2.45, 2.75) is 31.3 Å². The van der Waals surface area contributed by atoms with E-state index in [2.05, 4.69) is 22.8 Å². The number of hydrogen-bond acceptors (Lipinski definition) is 3. The number of hydrogen-bond donors (Lipinski definition) is 2. The highest BCUT2D eigenvalue weighted by molar-refractivity contribution is 5.75. The summed E-state index contributed by atoms with van der Waals surface area (Å²) in [5.74, 6) is 0.743. The highest BCUT2D eigenvalue weighted by Gasteiger charge is 2.24. The Morgan fingerprint density at radius 3 is 2.61 bits per heavy atom. The van der Waals surface area contributed by atoms with Gasteiger partial charge in [-0.1, -0.05) is 24.3 Å². The molecule has 0 saturated heterocycles. The van der Waals surface area contributed by atoms with Crippen molar-refractivity contribution in [1.29, 1.82) is 0 Å². The van der Waals surface area contributed by atoms with Crippen LogP contribution in [0.4, 0.5) is 4.79 Å². The van der Waals surface area contributed by atoms with E-state index in [0.29, 0.717) is 13.0 Å². The Morgan fingerprint density at radius 1 is 1.26 bits per heavy atom. The van der Waals surface area contributed by atoms with Crippen LogP contribution in [0.5, 0.6) is 0 Å². The molecule has 0 fully saturated rings. The Kier molecular flexibility index (Phi) is 4.98. The molecule has 1 aromatic carbocycles. The standard InChI is InChI=1S/C18H22N2O3/c1-22-10-8-16(17-7-4-9-23-17)20-18(21)19-15-11-13-5-2-3-6-14(13)12-15/h2-7,9,15-16H,8,10-12H2,1H3,(H2,19,20,21). The van der Waals surface area contributed by atoms with Crippen molar-refractivity contribution in [2.24, 2.45) is 0 Å². The van der Waals surface area contributed by atoms with Crippen molar-refractivity contribution >= 4 is 6.03 Å². The quantitative estimate of drug-likeness (QED) is 0.862. The van der Waals surface area contributed by atoms with E-state index >= 15 is 0 Å². The van der Waals surface area contributed by atoms with Crippen LogP contribution in [0.2, 0.25) is 0 Å². The predicted octanol–water partition coefficient (Wildman–Crippen LogP) is 2.82. The molecule has 0 bridgehead atoms. The maximum absolute atomic E-state index is 12.3. The van der Waals surface area contributed by atoms with E-state index in [1.54, 1.807) is 13.4 Å². The molecule has 3 rings (SSSR count). The second-order valence-corrected chi connectivity index (χ2v) is 5.84. The molecule has 0 aliphatic heterocycles. The molecule has 2 amide bonds. The van der Waals surface area contributed by atoms with Gasteiger partial charge in [0.05, 0.1) is 12.3 Å². The minimum atomic E-state index is -0.186. The van der Waals surface area contributed by atoms with E-state index in [4.69, 9.17) is 9.15 Å². The molecule has 23 heavy (non-hydrogen) atoms. The lowest BCUT2D eigenvalue weighted by Crippen LogP contribution is -2.44. The van der Waals surface area contributed by atoms with Gasteiger partial charge in [0.2, 0.25) is 0 Å². The third-order valence-electron chi connectivity index (χ3n) is 4.19. The van der Waals surface area contributed by atoms with Gasteiger partial charge >= 0.3 is 6.03 Å². The summed E-state index contributed by atoms with van der Waals surface area (Å²) in [6.07, 6.45) is 4.05. The van der Waals surface area contributed by atoms with E-state index in [1.807, 2.05) is 24.3 Å². The van der Waals surface area contributed by atoms with Crippen LogP contribution in [0.1, 0.15) is 29.3 Å². The van der Waals surface area contributed by atoms with Crippen LogP contribution in [0, 0.1) is 0 Å². The maximum Gasteiger partial charge on any atom is 0.315 e. The van der Waals surface area contributed by atoms with Crippen LogP contribution in [-0.2, 0) is 17.6 Å². The van der Waals surface area contributed by atoms with E-state index in [1.165, 1.54) is 11.1 Å². The minimum absolute atomic E-state index is 0.145. The first kappa shape index (κ1) is 15.6. The number of methoxy groups -OCH3 is 1. The van der Waals surface area contributed by atoms with Crippen molar-refractivity contribution < 1.29 is 13.9 Å². The summed E-state index contributed by atoms with van der Waals surface area (Å²) >= 11 is 0. The second-order valence-electron chi connectivity index (χ2n) is 5.84. The lowest BCUT2D eigenvalue weighted by molar-refractivity contribution is 0.177. The van der Waals surface area contributed by atoms with Crippen LogP contribution in [0.25, 0.3) is 0 Å². The number of carbonyl (C=O) groups is 1. The number of fused-ring (bicyclic) bond motifs is 1. The number of urea groups is 1. The molecule has 0 saturated carbocycles. The van der Waals surface area contributed by atoms with E-state index in [0.717, 1.165) is 18.6 Å². The second kappa shape index (κ2) is 7.33. The summed E-state index contributed by atoms with van der Waals surface area (Å²) in [7, 11) is 1.65. The average Bonchev–Trinajstić information content (AvgIpc) is 3.20. The minimum Gasteiger partial charge on any atom is -0.467 e. The van der Waals surface area contributed by atoms with Gasteiger partial charge in [-0.05, 0) is 42.5 Å². The summed E-state index contributed by atoms with van der Waals surface area (Å²) in [5.41, 5.74) is 2.64. The molecule has 0 radical (unpaired) electrons. The lowest BCUT2D eigenvalue weighted by Gasteiger charge is -2.19. The third-order valence-corrected chi connectivity index (χ3v) is 4.19. The summed E-state index contributed by atoms with van der Waals surface area (Å²) in [4.78, 5) is 12.3. The van der Waals surface area contributed by atoms with Crippen molar-refractivity contribution in [3.8, 4) is 0 Å². The summed E-state index contributed by atoms with van der Waals surface area (Å²) < 4.78 is 10.5. The molecule has 1 aliphatic carbocycles. The Balaban J connectivity index is 1.56. The predicted molar refractivity (Wildman–Crippen MR) is 87.2 cm³/mol. The number of ether oxygens (including phenoxy) is 1. The molecule has 0 spiro atoms. The topological polar surface area (TPSA) is 63.5 Å². The van der Waals surface area contributed by atoms with Gasteiger partial charge in [0, 0.05) is 19.8 Å². The Morgan fingerprint density at radius 2 is 2.00 bits per heavy atom. The van der Waals surface area contributed by atoms with Crippen molar-refractivity contribution in [1.82, 2.24) is 10.6 Å². The first-order valence-corrected chi connectivity index (χ1v) is 7.92. The van der Waals surface area contributed by atoms with Crippen molar-refractivity contribution in [2.75, 3.05) is 13.7 Å². The Bertz CT molecular complexity index is 614. The highest BCUT2D eigenvalue weighted by Crippen LogP contribution is 2.22. The van der Waals surface area contributed by atoms with Crippen molar-refractivity contribution in [3.05, 3.63) is 59.5 Å². The maximum atomic E-state index is 12.3. The van der Waals surface area contributed by atoms with Crippen LogP contribution >= 0.6 is 0 Å². The molecule has 1 aromatic heterocycles. The smallest absolute Gasteiger partial charge is 0.315 e. The average molecular weight is 314 g/mol. The van der Waals surface area contributed by atoms with Crippen LogP contribution in [0.3, 0.4) is 0 Å².